The molecular formula is C20H23N3O2S. The van der Waals surface area contributed by atoms with Gasteiger partial charge in [-0.25, -0.2) is 0 Å². The average molecular weight is 369 g/mol. The molecule has 136 valence electrons. The zero-order valence-electron chi connectivity index (χ0n) is 14.9. The number of amides is 1. The molecule has 5 nitrogen and oxygen atoms in total. The number of rotatable bonds is 9. The molecule has 1 aromatic carbocycles. The molecular weight excluding hydrogens is 346 g/mol. The van der Waals surface area contributed by atoms with Crippen LogP contribution in [-0.4, -0.2) is 16.0 Å². The Labute approximate surface area is 157 Å². The summed E-state index contributed by atoms with van der Waals surface area (Å²) in [4.78, 5) is 16.4. The van der Waals surface area contributed by atoms with E-state index in [9.17, 15) is 4.79 Å². The van der Waals surface area contributed by atoms with Gasteiger partial charge in [0.15, 0.2) is 0 Å². The van der Waals surface area contributed by atoms with Crippen molar-refractivity contribution in [2.45, 2.75) is 45.4 Å². The maximum atomic E-state index is 12.1. The van der Waals surface area contributed by atoms with Crippen molar-refractivity contribution in [1.82, 2.24) is 10.1 Å². The van der Waals surface area contributed by atoms with Crippen LogP contribution < -0.4 is 5.32 Å². The number of hydrogen-bond acceptors (Lipinski definition) is 5. The van der Waals surface area contributed by atoms with Gasteiger partial charge in [0.05, 0.1) is 0 Å². The second kappa shape index (κ2) is 9.29. The highest BCUT2D eigenvalue weighted by molar-refractivity contribution is 7.08. The number of carbonyl (C=O) groups excluding carboxylic acids is 1. The lowest BCUT2D eigenvalue weighted by Crippen LogP contribution is -2.12. The molecule has 0 bridgehead atoms. The number of unbranched alkanes of at least 4 members (excludes halogenated alkanes) is 2. The molecule has 2 heterocycles. The Morgan fingerprint density at radius 1 is 1.15 bits per heavy atom. The Morgan fingerprint density at radius 3 is 2.73 bits per heavy atom. The number of benzene rings is 1. The van der Waals surface area contributed by atoms with Crippen molar-refractivity contribution in [3.05, 3.63) is 52.5 Å². The first kappa shape index (κ1) is 18.3. The molecule has 0 radical (unpaired) electrons. The Kier molecular flexibility index (Phi) is 6.55. The normalized spacial score (nSPS) is 10.8. The van der Waals surface area contributed by atoms with Crippen molar-refractivity contribution in [3.8, 4) is 11.4 Å². The van der Waals surface area contributed by atoms with Gasteiger partial charge < -0.3 is 9.84 Å². The molecule has 0 aliphatic rings. The molecule has 1 N–H and O–H groups in total. The largest absolute Gasteiger partial charge is 0.339 e. The summed E-state index contributed by atoms with van der Waals surface area (Å²) in [5, 5.41) is 10.8. The number of nitrogens with zero attached hydrogens (tertiary/aromatic N) is 2. The highest BCUT2D eigenvalue weighted by Gasteiger charge is 2.11. The summed E-state index contributed by atoms with van der Waals surface area (Å²) in [6.07, 6.45) is 5.51. The van der Waals surface area contributed by atoms with E-state index >= 15 is 0 Å². The van der Waals surface area contributed by atoms with E-state index in [1.807, 2.05) is 29.0 Å². The van der Waals surface area contributed by atoms with Crippen LogP contribution >= 0.6 is 11.3 Å². The van der Waals surface area contributed by atoms with Gasteiger partial charge >= 0.3 is 0 Å². The number of hydrogen-bond donors (Lipinski definition) is 1. The predicted molar refractivity (Wildman–Crippen MR) is 104 cm³/mol. The van der Waals surface area contributed by atoms with Crippen molar-refractivity contribution >= 4 is 22.9 Å². The first-order valence-corrected chi connectivity index (χ1v) is 9.93. The molecule has 26 heavy (non-hydrogen) atoms. The summed E-state index contributed by atoms with van der Waals surface area (Å²) < 4.78 is 5.22. The minimum Gasteiger partial charge on any atom is -0.339 e. The van der Waals surface area contributed by atoms with Crippen LogP contribution in [-0.2, 0) is 17.6 Å². The smallest absolute Gasteiger partial charge is 0.227 e. The van der Waals surface area contributed by atoms with Gasteiger partial charge in [0.1, 0.15) is 0 Å². The van der Waals surface area contributed by atoms with Crippen LogP contribution in [0, 0.1) is 0 Å². The maximum Gasteiger partial charge on any atom is 0.227 e. The van der Waals surface area contributed by atoms with Crippen molar-refractivity contribution in [3.63, 3.8) is 0 Å². The molecule has 0 unspecified atom stereocenters. The highest BCUT2D eigenvalue weighted by atomic mass is 32.1. The minimum atomic E-state index is -0.0565. The fourth-order valence-corrected chi connectivity index (χ4v) is 3.28. The van der Waals surface area contributed by atoms with Crippen LogP contribution in [0.2, 0.25) is 0 Å². The van der Waals surface area contributed by atoms with Gasteiger partial charge in [0.2, 0.25) is 17.6 Å². The van der Waals surface area contributed by atoms with E-state index in [0.717, 1.165) is 17.7 Å². The fraction of sp³-hybridized carbons (Fsp3) is 0.350. The van der Waals surface area contributed by atoms with Crippen LogP contribution in [0.25, 0.3) is 11.4 Å². The van der Waals surface area contributed by atoms with Crippen molar-refractivity contribution < 1.29 is 9.32 Å². The third kappa shape index (κ3) is 5.26. The monoisotopic (exact) mass is 369 g/mol. The number of anilines is 1. The third-order valence-corrected chi connectivity index (χ3v) is 4.80. The Morgan fingerprint density at radius 2 is 2.00 bits per heavy atom. The van der Waals surface area contributed by atoms with Crippen LogP contribution in [0.5, 0.6) is 0 Å². The van der Waals surface area contributed by atoms with Crippen LogP contribution in [0.3, 0.4) is 0 Å². The average Bonchev–Trinajstić information content (AvgIpc) is 3.33. The number of thiophene rings is 1. The summed E-state index contributed by atoms with van der Waals surface area (Å²) in [5.74, 6) is 0.993. The summed E-state index contributed by atoms with van der Waals surface area (Å²) in [5.41, 5.74) is 3.07. The van der Waals surface area contributed by atoms with Gasteiger partial charge in [0, 0.05) is 29.5 Å². The van der Waals surface area contributed by atoms with Crippen molar-refractivity contribution in [2.24, 2.45) is 0 Å². The summed E-state index contributed by atoms with van der Waals surface area (Å²) >= 11 is 1.58. The molecule has 3 rings (SSSR count). The van der Waals surface area contributed by atoms with Gasteiger partial charge in [-0.05, 0) is 42.0 Å². The second-order valence-electron chi connectivity index (χ2n) is 6.23. The van der Waals surface area contributed by atoms with Crippen LogP contribution in [0.4, 0.5) is 5.69 Å². The molecule has 0 atom stereocenters. The van der Waals surface area contributed by atoms with Gasteiger partial charge in [-0.1, -0.05) is 37.1 Å². The third-order valence-electron chi connectivity index (χ3n) is 4.12. The number of carbonyl (C=O) groups is 1. The zero-order valence-corrected chi connectivity index (χ0v) is 15.7. The molecule has 0 aliphatic heterocycles. The number of aromatic nitrogens is 2. The SMILES string of the molecule is CCCCCc1ccc(NC(=O)CCc2nc(-c3ccsc3)no2)cc1. The standard InChI is InChI=1S/C20H23N3O2S/c1-2-3-4-5-15-6-8-17(9-7-15)21-18(24)10-11-19-22-20(23-25-19)16-12-13-26-14-16/h6-9,12-14H,2-5,10-11H2,1H3,(H,21,24). The molecule has 2 aromatic heterocycles. The lowest BCUT2D eigenvalue weighted by atomic mass is 10.1. The summed E-state index contributed by atoms with van der Waals surface area (Å²) in [7, 11) is 0. The van der Waals surface area contributed by atoms with E-state index in [1.54, 1.807) is 11.3 Å². The van der Waals surface area contributed by atoms with Crippen molar-refractivity contribution in [2.75, 3.05) is 5.32 Å². The van der Waals surface area contributed by atoms with E-state index in [-0.39, 0.29) is 5.91 Å². The predicted octanol–water partition coefficient (Wildman–Crippen LogP) is 5.10. The maximum absolute atomic E-state index is 12.1. The first-order chi connectivity index (χ1) is 12.7. The van der Waals surface area contributed by atoms with Gasteiger partial charge in [0.25, 0.3) is 0 Å². The fourth-order valence-electron chi connectivity index (χ4n) is 2.64. The Bertz CT molecular complexity index is 810. The first-order valence-electron chi connectivity index (χ1n) is 8.98. The van der Waals surface area contributed by atoms with Gasteiger partial charge in [-0.2, -0.15) is 16.3 Å². The van der Waals surface area contributed by atoms with Gasteiger partial charge in [-0.3, -0.25) is 4.79 Å². The van der Waals surface area contributed by atoms with Crippen LogP contribution in [0.15, 0.2) is 45.6 Å². The van der Waals surface area contributed by atoms with E-state index in [1.165, 1.54) is 24.8 Å². The summed E-state index contributed by atoms with van der Waals surface area (Å²) in [6.45, 7) is 2.20. The number of nitrogens with one attached hydrogen (secondary N) is 1. The zero-order chi connectivity index (χ0) is 18.2. The Hall–Kier alpha value is -2.47. The molecule has 0 spiro atoms. The van der Waals surface area contributed by atoms with E-state index in [4.69, 9.17) is 4.52 Å². The quantitative estimate of drug-likeness (QED) is 0.533. The minimum absolute atomic E-state index is 0.0565. The molecule has 6 heteroatoms. The lowest BCUT2D eigenvalue weighted by molar-refractivity contribution is -0.116. The highest BCUT2D eigenvalue weighted by Crippen LogP contribution is 2.19. The Balaban J connectivity index is 1.45. The topological polar surface area (TPSA) is 68.0 Å². The molecule has 3 aromatic rings. The molecule has 0 saturated heterocycles. The molecule has 0 saturated carbocycles. The molecule has 0 fully saturated rings. The van der Waals surface area contributed by atoms with E-state index in [0.29, 0.717) is 24.6 Å². The number of aryl methyl sites for hydroxylation is 2. The molecule has 0 aliphatic carbocycles. The molecule has 1 amide bonds. The second-order valence-corrected chi connectivity index (χ2v) is 7.01. The van der Waals surface area contributed by atoms with E-state index < -0.39 is 0 Å². The summed E-state index contributed by atoms with van der Waals surface area (Å²) in [6, 6.07) is 10.0. The van der Waals surface area contributed by atoms with Gasteiger partial charge in [-0.15, -0.1) is 0 Å². The van der Waals surface area contributed by atoms with Crippen molar-refractivity contribution in [1.29, 1.82) is 0 Å². The lowest BCUT2D eigenvalue weighted by Gasteiger charge is -2.06. The van der Waals surface area contributed by atoms with E-state index in [2.05, 4.69) is 34.5 Å². The van der Waals surface area contributed by atoms with Crippen LogP contribution in [0.1, 0.15) is 44.1 Å².